The molecular formula is C10H12F2Ti. The van der Waals surface area contributed by atoms with Crippen LogP contribution >= 0.6 is 0 Å². The van der Waals surface area contributed by atoms with Crippen LogP contribution in [0.2, 0.25) is 0 Å². The first-order chi connectivity index (χ1) is 5.00. The Morgan fingerprint density at radius 1 is 0.769 bits per heavy atom. The summed E-state index contributed by atoms with van der Waals surface area (Å²) in [5, 5.41) is 0. The Bertz CT molecular complexity index is 151. The zero-order valence-corrected chi connectivity index (χ0v) is 8.76. The third kappa shape index (κ3) is 11.5. The van der Waals surface area contributed by atoms with E-state index in [1.165, 1.54) is 0 Å². The maximum atomic E-state index is 2.99. The number of halogens is 2. The summed E-state index contributed by atoms with van der Waals surface area (Å²) in [6, 6.07) is 0. The summed E-state index contributed by atoms with van der Waals surface area (Å²) in [5.74, 6) is 0. The minimum atomic E-state index is 0. The molecule has 0 aromatic rings. The Morgan fingerprint density at radius 2 is 1.15 bits per heavy atom. The van der Waals surface area contributed by atoms with E-state index in [0.717, 1.165) is 12.8 Å². The summed E-state index contributed by atoms with van der Waals surface area (Å²) in [4.78, 5) is 0. The first-order valence-corrected chi connectivity index (χ1v) is 3.43. The Morgan fingerprint density at radius 3 is 1.23 bits per heavy atom. The Hall–Kier alpha value is -0.466. The van der Waals surface area contributed by atoms with Gasteiger partial charge < -0.3 is 0 Å². The van der Waals surface area contributed by atoms with Crippen molar-refractivity contribution in [2.24, 2.45) is 0 Å². The van der Waals surface area contributed by atoms with E-state index in [4.69, 9.17) is 0 Å². The molecule has 0 radical (unpaired) electrons. The molecule has 0 spiro atoms. The van der Waals surface area contributed by atoms with E-state index in [-0.39, 0.29) is 31.1 Å². The molecule has 0 aliphatic heterocycles. The molecule has 70 valence electrons. The van der Waals surface area contributed by atoms with Gasteiger partial charge in [0, 0.05) is 0 Å². The van der Waals surface area contributed by atoms with Gasteiger partial charge in [0.15, 0.2) is 0 Å². The Labute approximate surface area is 92.7 Å². The molecule has 3 heteroatoms. The van der Waals surface area contributed by atoms with Crippen molar-refractivity contribution in [3.63, 3.8) is 0 Å². The summed E-state index contributed by atoms with van der Waals surface area (Å²) in [6.45, 7) is 0. The number of hydrogen-bond acceptors (Lipinski definition) is 0. The summed E-state index contributed by atoms with van der Waals surface area (Å²) in [7, 11) is 0. The number of rotatable bonds is 0. The molecule has 0 unspecified atom stereocenters. The molecule has 0 bridgehead atoms. The molecule has 0 fully saturated rings. The molecule has 0 heterocycles. The van der Waals surface area contributed by atoms with Gasteiger partial charge in [-0.25, -0.2) is 24.3 Å². The van der Waals surface area contributed by atoms with E-state index in [9.17, 15) is 0 Å². The van der Waals surface area contributed by atoms with Crippen LogP contribution in [0.25, 0.3) is 0 Å². The van der Waals surface area contributed by atoms with Crippen LogP contribution in [0.5, 0.6) is 0 Å². The van der Waals surface area contributed by atoms with Crippen LogP contribution < -0.4 is 0 Å². The monoisotopic (exact) mass is 218 g/mol. The zero-order valence-electron chi connectivity index (χ0n) is 7.19. The van der Waals surface area contributed by atoms with Gasteiger partial charge in [-0.1, -0.05) is 0 Å². The summed E-state index contributed by atoms with van der Waals surface area (Å²) in [5.41, 5.74) is 0. The van der Waals surface area contributed by atoms with Crippen molar-refractivity contribution in [3.8, 4) is 0 Å². The molecule has 13 heavy (non-hydrogen) atoms. The van der Waals surface area contributed by atoms with Gasteiger partial charge in [-0.2, -0.15) is 12.2 Å². The second kappa shape index (κ2) is 14.1. The first kappa shape index (κ1) is 18.3. The van der Waals surface area contributed by atoms with E-state index in [0.29, 0.717) is 0 Å². The predicted molar refractivity (Wildman–Crippen MR) is 48.1 cm³/mol. The van der Waals surface area contributed by atoms with E-state index >= 15 is 0 Å². The van der Waals surface area contributed by atoms with Gasteiger partial charge in [-0.05, 0) is 0 Å². The van der Waals surface area contributed by atoms with Crippen molar-refractivity contribution in [2.45, 2.75) is 12.8 Å². The van der Waals surface area contributed by atoms with E-state index in [1.54, 1.807) is 0 Å². The van der Waals surface area contributed by atoms with Crippen LogP contribution in [0.4, 0.5) is 9.41 Å². The fourth-order valence-corrected chi connectivity index (χ4v) is 0.680. The molecule has 0 aromatic carbocycles. The van der Waals surface area contributed by atoms with Crippen molar-refractivity contribution in [1.29, 1.82) is 0 Å². The van der Waals surface area contributed by atoms with Crippen molar-refractivity contribution in [2.75, 3.05) is 0 Å². The van der Waals surface area contributed by atoms with E-state index < -0.39 is 0 Å². The predicted octanol–water partition coefficient (Wildman–Crippen LogP) is 2.91. The molecule has 0 N–H and O–H groups in total. The molecular weight excluding hydrogens is 206 g/mol. The fraction of sp³-hybridized carbons (Fsp3) is 0.200. The van der Waals surface area contributed by atoms with Crippen LogP contribution in [-0.2, 0) is 21.7 Å². The molecule has 2 aliphatic carbocycles. The molecule has 0 saturated carbocycles. The second-order valence-corrected chi connectivity index (χ2v) is 2.01. The maximum Gasteiger partial charge on any atom is 2.00 e. The van der Waals surface area contributed by atoms with E-state index in [2.05, 4.69) is 24.3 Å². The third-order valence-electron chi connectivity index (χ3n) is 1.17. The first-order valence-electron chi connectivity index (χ1n) is 3.43. The largest absolute Gasteiger partial charge is 2.00 e. The van der Waals surface area contributed by atoms with Crippen molar-refractivity contribution >= 4 is 0 Å². The molecule has 0 aromatic heterocycles. The molecule has 0 amide bonds. The average molecular weight is 218 g/mol. The van der Waals surface area contributed by atoms with Crippen LogP contribution in [0.3, 0.4) is 0 Å². The summed E-state index contributed by atoms with van der Waals surface area (Å²) >= 11 is 0. The fourth-order valence-electron chi connectivity index (χ4n) is 0.680. The van der Waals surface area contributed by atoms with Crippen molar-refractivity contribution < 1.29 is 31.1 Å². The van der Waals surface area contributed by atoms with Gasteiger partial charge in [-0.3, -0.25) is 21.6 Å². The minimum absolute atomic E-state index is 0. The molecule has 0 nitrogen and oxygen atoms in total. The van der Waals surface area contributed by atoms with E-state index in [1.807, 2.05) is 24.3 Å². The zero-order chi connectivity index (χ0) is 7.07. The summed E-state index contributed by atoms with van der Waals surface area (Å²) < 4.78 is 0. The van der Waals surface area contributed by atoms with Crippen LogP contribution in [0, 0.1) is 12.2 Å². The van der Waals surface area contributed by atoms with Gasteiger partial charge in [0.25, 0.3) is 0 Å². The van der Waals surface area contributed by atoms with Crippen molar-refractivity contribution in [3.05, 3.63) is 48.6 Å². The van der Waals surface area contributed by atoms with Crippen LogP contribution in [0.1, 0.15) is 12.8 Å². The van der Waals surface area contributed by atoms with Gasteiger partial charge in [0.1, 0.15) is 0 Å². The van der Waals surface area contributed by atoms with Gasteiger partial charge >= 0.3 is 21.7 Å². The van der Waals surface area contributed by atoms with Gasteiger partial charge in [0.2, 0.25) is 0 Å². The van der Waals surface area contributed by atoms with Gasteiger partial charge in [0.05, 0.1) is 0 Å². The summed E-state index contributed by atoms with van der Waals surface area (Å²) in [6.07, 6.45) is 20.0. The van der Waals surface area contributed by atoms with Crippen molar-refractivity contribution in [1.82, 2.24) is 0 Å². The minimum Gasteiger partial charge on any atom is -0.273 e. The quantitative estimate of drug-likeness (QED) is 0.433. The maximum absolute atomic E-state index is 2.99. The second-order valence-electron chi connectivity index (χ2n) is 2.01. The number of hydrogen-bond donors (Lipinski definition) is 0. The Balaban J connectivity index is -0.000000125. The van der Waals surface area contributed by atoms with Crippen LogP contribution in [-0.4, -0.2) is 0 Å². The van der Waals surface area contributed by atoms with Gasteiger partial charge in [-0.15, -0.1) is 12.8 Å². The normalized spacial score (nSPS) is 13.5. The standard InChI is InChI=1S/2C5H5.2FH.Ti/c2*1-2-4-5-3-1;;;/h2*1-3H,4H2;2*1H;/q2*-1;;;+2. The molecule has 2 rings (SSSR count). The smallest absolute Gasteiger partial charge is 0.273 e. The number of allylic oxidation sites excluding steroid dienone is 8. The Kier molecular flexibility index (Phi) is 19.9. The molecule has 2 aliphatic rings. The molecule has 0 atom stereocenters. The topological polar surface area (TPSA) is 0 Å². The van der Waals surface area contributed by atoms with Crippen LogP contribution in [0.15, 0.2) is 36.5 Å². The third-order valence-corrected chi connectivity index (χ3v) is 1.17. The molecule has 0 saturated heterocycles. The average Bonchev–Trinajstić information content (AvgIpc) is 2.67. The SMILES string of the molecule is F.F.[C-]1=CC=CC1.[C-]1=CC=CC1.[Ti+2].